The molecule has 96 valence electrons. The predicted molar refractivity (Wildman–Crippen MR) is 73.3 cm³/mol. The van der Waals surface area contributed by atoms with Crippen LogP contribution in [0.5, 0.6) is 0 Å². The molecule has 1 atom stereocenters. The first-order chi connectivity index (χ1) is 8.56. The van der Waals surface area contributed by atoms with Gasteiger partial charge in [0.2, 0.25) is 0 Å². The van der Waals surface area contributed by atoms with Crippen molar-refractivity contribution >= 4 is 21.7 Å². The van der Waals surface area contributed by atoms with Crippen LogP contribution in [0.1, 0.15) is 17.2 Å². The van der Waals surface area contributed by atoms with E-state index in [4.69, 9.17) is 0 Å². The van der Waals surface area contributed by atoms with Crippen molar-refractivity contribution in [2.75, 3.05) is 11.9 Å². The van der Waals surface area contributed by atoms with Gasteiger partial charge in [-0.15, -0.1) is 0 Å². The fourth-order valence-electron chi connectivity index (χ4n) is 1.57. The molecule has 2 aromatic heterocycles. The van der Waals surface area contributed by atoms with E-state index in [0.717, 1.165) is 21.4 Å². The summed E-state index contributed by atoms with van der Waals surface area (Å²) in [6.07, 6.45) is 4.61. The summed E-state index contributed by atoms with van der Waals surface area (Å²) >= 11 is 3.40. The van der Waals surface area contributed by atoms with Crippen LogP contribution in [-0.4, -0.2) is 26.4 Å². The molecule has 0 aliphatic carbocycles. The molecular formula is C12H15BrN4O. The fourth-order valence-corrected chi connectivity index (χ4v) is 1.78. The van der Waals surface area contributed by atoms with Crippen LogP contribution in [0.2, 0.25) is 0 Å². The van der Waals surface area contributed by atoms with E-state index >= 15 is 0 Å². The van der Waals surface area contributed by atoms with Crippen LogP contribution in [0, 0.1) is 6.92 Å². The second-order valence-electron chi connectivity index (χ2n) is 4.16. The van der Waals surface area contributed by atoms with Crippen LogP contribution in [-0.2, 0) is 7.05 Å². The highest BCUT2D eigenvalue weighted by atomic mass is 79.9. The first-order valence-corrected chi connectivity index (χ1v) is 6.38. The van der Waals surface area contributed by atoms with Gasteiger partial charge in [0.05, 0.1) is 12.3 Å². The third-order valence-corrected chi connectivity index (χ3v) is 3.46. The molecule has 2 aromatic rings. The molecule has 0 aliphatic heterocycles. The standard InChI is InChI=1S/C12H15BrN4O/c1-8-3-12(14-5-10(8)13)15-6-11(18)9-4-16-17(2)7-9/h3-5,7,11,18H,6H2,1-2H3,(H,14,15)/t11-/m1/s1. The number of aliphatic hydroxyl groups excluding tert-OH is 1. The summed E-state index contributed by atoms with van der Waals surface area (Å²) in [4.78, 5) is 4.22. The van der Waals surface area contributed by atoms with E-state index in [2.05, 4.69) is 31.3 Å². The smallest absolute Gasteiger partial charge is 0.126 e. The van der Waals surface area contributed by atoms with E-state index in [1.807, 2.05) is 20.0 Å². The third kappa shape index (κ3) is 3.08. The molecule has 0 unspecified atom stereocenters. The summed E-state index contributed by atoms with van der Waals surface area (Å²) in [6, 6.07) is 1.93. The van der Waals surface area contributed by atoms with Gasteiger partial charge in [-0.1, -0.05) is 0 Å². The zero-order valence-corrected chi connectivity index (χ0v) is 11.8. The third-order valence-electron chi connectivity index (χ3n) is 2.63. The summed E-state index contributed by atoms with van der Waals surface area (Å²) in [5, 5.41) is 17.1. The molecule has 2 heterocycles. The Morgan fingerprint density at radius 1 is 1.50 bits per heavy atom. The number of nitrogens with one attached hydrogen (secondary N) is 1. The Balaban J connectivity index is 1.97. The van der Waals surface area contributed by atoms with E-state index in [1.165, 1.54) is 0 Å². The maximum atomic E-state index is 9.97. The predicted octanol–water partition coefficient (Wildman–Crippen LogP) is 2.03. The molecule has 0 bridgehead atoms. The number of hydrogen-bond donors (Lipinski definition) is 2. The first kappa shape index (κ1) is 13.0. The SMILES string of the molecule is Cc1cc(NC[C@@H](O)c2cnn(C)c2)ncc1Br. The number of rotatable bonds is 4. The van der Waals surface area contributed by atoms with Gasteiger partial charge in [-0.05, 0) is 34.5 Å². The fraction of sp³-hybridized carbons (Fsp3) is 0.333. The molecular weight excluding hydrogens is 296 g/mol. The summed E-state index contributed by atoms with van der Waals surface area (Å²) in [5.74, 6) is 0.749. The minimum atomic E-state index is -0.593. The number of anilines is 1. The molecule has 2 rings (SSSR count). The second kappa shape index (κ2) is 5.49. The van der Waals surface area contributed by atoms with Crippen LogP contribution < -0.4 is 5.32 Å². The number of aliphatic hydroxyl groups is 1. The number of nitrogens with zero attached hydrogens (tertiary/aromatic N) is 3. The summed E-state index contributed by atoms with van der Waals surface area (Å²) in [7, 11) is 1.82. The van der Waals surface area contributed by atoms with Crippen molar-refractivity contribution in [2.45, 2.75) is 13.0 Å². The molecule has 0 fully saturated rings. The van der Waals surface area contributed by atoms with Gasteiger partial charge in [-0.2, -0.15) is 5.10 Å². The van der Waals surface area contributed by atoms with Gasteiger partial charge < -0.3 is 10.4 Å². The minimum Gasteiger partial charge on any atom is -0.386 e. The number of hydrogen-bond acceptors (Lipinski definition) is 4. The zero-order chi connectivity index (χ0) is 13.1. The first-order valence-electron chi connectivity index (χ1n) is 5.59. The molecule has 0 radical (unpaired) electrons. The van der Waals surface area contributed by atoms with E-state index in [-0.39, 0.29) is 0 Å². The van der Waals surface area contributed by atoms with E-state index in [1.54, 1.807) is 23.3 Å². The van der Waals surface area contributed by atoms with Crippen molar-refractivity contribution in [2.24, 2.45) is 7.05 Å². The molecule has 0 spiro atoms. The number of halogens is 1. The average Bonchev–Trinajstić information content (AvgIpc) is 2.77. The lowest BCUT2D eigenvalue weighted by Gasteiger charge is -2.11. The Hall–Kier alpha value is -1.40. The van der Waals surface area contributed by atoms with Gasteiger partial charge in [-0.25, -0.2) is 4.98 Å². The van der Waals surface area contributed by atoms with E-state index in [9.17, 15) is 5.11 Å². The van der Waals surface area contributed by atoms with Crippen molar-refractivity contribution < 1.29 is 5.11 Å². The Morgan fingerprint density at radius 2 is 2.28 bits per heavy atom. The maximum Gasteiger partial charge on any atom is 0.126 e. The number of aryl methyl sites for hydroxylation is 2. The summed E-state index contributed by atoms with van der Waals surface area (Å²) in [5.41, 5.74) is 1.89. The van der Waals surface area contributed by atoms with Crippen LogP contribution >= 0.6 is 15.9 Å². The van der Waals surface area contributed by atoms with Crippen LogP contribution in [0.25, 0.3) is 0 Å². The lowest BCUT2D eigenvalue weighted by molar-refractivity contribution is 0.191. The van der Waals surface area contributed by atoms with Gasteiger partial charge in [0.15, 0.2) is 0 Å². The lowest BCUT2D eigenvalue weighted by atomic mass is 10.2. The maximum absolute atomic E-state index is 9.97. The summed E-state index contributed by atoms with van der Waals surface area (Å²) in [6.45, 7) is 2.40. The van der Waals surface area contributed by atoms with Crippen molar-refractivity contribution in [3.63, 3.8) is 0 Å². The molecule has 18 heavy (non-hydrogen) atoms. The highest BCUT2D eigenvalue weighted by molar-refractivity contribution is 9.10. The minimum absolute atomic E-state index is 0.403. The monoisotopic (exact) mass is 310 g/mol. The molecule has 0 aromatic carbocycles. The van der Waals surface area contributed by atoms with Crippen LogP contribution in [0.15, 0.2) is 29.1 Å². The largest absolute Gasteiger partial charge is 0.386 e. The van der Waals surface area contributed by atoms with Crippen molar-refractivity contribution in [3.05, 3.63) is 40.3 Å². The van der Waals surface area contributed by atoms with Gasteiger partial charge in [0, 0.05) is 36.0 Å². The van der Waals surface area contributed by atoms with Crippen molar-refractivity contribution in [1.29, 1.82) is 0 Å². The molecule has 0 saturated heterocycles. The molecule has 0 saturated carbocycles. The zero-order valence-electron chi connectivity index (χ0n) is 10.3. The van der Waals surface area contributed by atoms with Crippen molar-refractivity contribution in [3.8, 4) is 0 Å². The van der Waals surface area contributed by atoms with Gasteiger partial charge in [0.1, 0.15) is 5.82 Å². The van der Waals surface area contributed by atoms with Gasteiger partial charge in [0.25, 0.3) is 0 Å². The van der Waals surface area contributed by atoms with Crippen LogP contribution in [0.4, 0.5) is 5.82 Å². The van der Waals surface area contributed by atoms with Crippen molar-refractivity contribution in [1.82, 2.24) is 14.8 Å². The topological polar surface area (TPSA) is 63.0 Å². The molecule has 0 amide bonds. The molecule has 2 N–H and O–H groups in total. The van der Waals surface area contributed by atoms with Gasteiger partial charge in [-0.3, -0.25) is 4.68 Å². The molecule has 5 nitrogen and oxygen atoms in total. The van der Waals surface area contributed by atoms with E-state index in [0.29, 0.717) is 6.54 Å². The Morgan fingerprint density at radius 3 is 2.89 bits per heavy atom. The van der Waals surface area contributed by atoms with E-state index < -0.39 is 6.10 Å². The van der Waals surface area contributed by atoms with Gasteiger partial charge >= 0.3 is 0 Å². The highest BCUT2D eigenvalue weighted by Gasteiger charge is 2.09. The molecule has 6 heteroatoms. The Bertz CT molecular complexity index is 541. The number of pyridine rings is 1. The Labute approximate surface area is 114 Å². The second-order valence-corrected chi connectivity index (χ2v) is 5.02. The normalized spacial score (nSPS) is 12.4. The highest BCUT2D eigenvalue weighted by Crippen LogP contribution is 2.18. The molecule has 0 aliphatic rings. The quantitative estimate of drug-likeness (QED) is 0.907. The van der Waals surface area contributed by atoms with Crippen LogP contribution in [0.3, 0.4) is 0 Å². The lowest BCUT2D eigenvalue weighted by Crippen LogP contribution is -2.12. The average molecular weight is 311 g/mol. The Kier molecular flexibility index (Phi) is 3.98. The number of aromatic nitrogens is 3. The summed E-state index contributed by atoms with van der Waals surface area (Å²) < 4.78 is 2.64.